The van der Waals surface area contributed by atoms with Crippen LogP contribution >= 0.6 is 7.82 Å². The third kappa shape index (κ3) is 39.5. The van der Waals surface area contributed by atoms with Crippen molar-refractivity contribution in [1.82, 2.24) is 35.9 Å². The van der Waals surface area contributed by atoms with Gasteiger partial charge in [0.05, 0.1) is 38.2 Å². The fraction of sp³-hybridized carbons (Fsp3) is 0.719. The zero-order valence-corrected chi connectivity index (χ0v) is 53.5. The van der Waals surface area contributed by atoms with Crippen LogP contribution in [0.1, 0.15) is 256 Å². The van der Waals surface area contributed by atoms with Gasteiger partial charge in [-0.3, -0.25) is 38.0 Å². The van der Waals surface area contributed by atoms with Crippen LogP contribution in [-0.4, -0.2) is 117 Å². The number of carbonyl (C=O) groups is 6. The molecule has 3 rings (SSSR count). The van der Waals surface area contributed by atoms with Crippen LogP contribution < -0.4 is 32.6 Å². The van der Waals surface area contributed by atoms with Gasteiger partial charge in [0.25, 0.3) is 11.5 Å². The number of unbranched alkanes of at least 4 members (excludes halogenated alkanes) is 28. The van der Waals surface area contributed by atoms with Crippen molar-refractivity contribution >= 4 is 66.4 Å². The summed E-state index contributed by atoms with van der Waals surface area (Å²) in [7, 11) is -4.75. The summed E-state index contributed by atoms with van der Waals surface area (Å²) >= 11 is 0. The van der Waals surface area contributed by atoms with E-state index in [9.17, 15) is 48.1 Å². The van der Waals surface area contributed by atoms with Gasteiger partial charge in [0.2, 0.25) is 11.9 Å². The molecule has 2 heterocycles. The normalized spacial score (nSPS) is 12.5. The highest BCUT2D eigenvalue weighted by Gasteiger charge is 2.27. The van der Waals surface area contributed by atoms with Crippen molar-refractivity contribution in [2.24, 2.45) is 0 Å². The van der Waals surface area contributed by atoms with E-state index in [1.807, 2.05) is 0 Å². The van der Waals surface area contributed by atoms with Crippen LogP contribution in [-0.2, 0) is 53.5 Å². The van der Waals surface area contributed by atoms with Gasteiger partial charge in [0.1, 0.15) is 19.3 Å². The number of aromatic amines is 1. The number of H-pyrrole nitrogens is 1. The van der Waals surface area contributed by atoms with Gasteiger partial charge < -0.3 is 51.2 Å². The lowest BCUT2D eigenvalue weighted by atomic mass is 10.0. The second-order valence-corrected chi connectivity index (χ2v) is 24.0. The summed E-state index contributed by atoms with van der Waals surface area (Å²) < 4.78 is 39.0. The minimum Gasteiger partial charge on any atom is -0.480 e. The monoisotopic (exact) mass is 1270 g/mol. The fourth-order valence-corrected chi connectivity index (χ4v) is 10.4. The van der Waals surface area contributed by atoms with E-state index in [4.69, 9.17) is 29.0 Å². The summed E-state index contributed by atoms with van der Waals surface area (Å²) in [6.45, 7) is 2.51. The standard InChI is InChI=1S/C63H104N9O15P.CH4/c1-3-5-7-9-11-13-15-17-19-21-23-25-27-29-31-33-55(74)84-47-52(87-56(75)34-32-30-28-26-24-22-20-18-16-14-12-10-8-6-4-2)48-86-88(81,82)85-44-42-66-63(80)83-43-41-65-54(73)40-39-53(61(78)79)70-59(76)49-35-37-50(38-36-49)67-45-51-46-68-58-57(69-51)60(77)72-62(64)71-58;/h35-38,46,52-53,67H,3-34,39-45,47-48H2,1-2H3,(H,65,73)(H,66,80)(H,70,76)(H,78,79)(H,81,82)(H3,64,68,71,72,77);1H4/t52-,53?;/m1./s1. The van der Waals surface area contributed by atoms with Gasteiger partial charge in [0.15, 0.2) is 17.3 Å². The molecular formula is C64H108N9O15P. The number of rotatable bonds is 54. The number of amides is 3. The molecule has 3 amide bonds. The summed E-state index contributed by atoms with van der Waals surface area (Å²) in [4.78, 5) is 113. The number of fused-ring (bicyclic) bond motifs is 1. The average Bonchev–Trinajstić information content (AvgIpc) is 3.37. The first kappa shape index (κ1) is 78.9. The molecule has 0 saturated carbocycles. The topological polar surface area (TPSA) is 352 Å². The number of carboxylic acid groups (broad SMARTS) is 1. The average molecular weight is 1270 g/mol. The van der Waals surface area contributed by atoms with Crippen molar-refractivity contribution < 1.29 is 66.6 Å². The van der Waals surface area contributed by atoms with Crippen LogP contribution in [0.2, 0.25) is 0 Å². The molecule has 0 bridgehead atoms. The maximum atomic E-state index is 12.9. The highest BCUT2D eigenvalue weighted by atomic mass is 31.2. The van der Waals surface area contributed by atoms with E-state index < -0.39 is 74.6 Å². The Bertz CT molecular complexity index is 2560. The van der Waals surface area contributed by atoms with E-state index in [2.05, 4.69) is 55.1 Å². The first-order valence-corrected chi connectivity index (χ1v) is 34.1. The number of carbonyl (C=O) groups excluding carboxylic acids is 5. The zero-order valence-electron chi connectivity index (χ0n) is 52.6. The fourth-order valence-electron chi connectivity index (χ4n) is 9.67. The lowest BCUT2D eigenvalue weighted by molar-refractivity contribution is -0.161. The summed E-state index contributed by atoms with van der Waals surface area (Å²) in [5, 5.41) is 20.1. The Hall–Kier alpha value is -6.23. The number of nitrogen functional groups attached to an aromatic ring is 1. The molecule has 3 atom stereocenters. The van der Waals surface area contributed by atoms with Gasteiger partial charge in [-0.2, -0.15) is 4.98 Å². The lowest BCUT2D eigenvalue weighted by Crippen LogP contribution is -2.41. The number of hydrogen-bond donors (Lipinski definition) is 8. The molecule has 24 nitrogen and oxygen atoms in total. The molecule has 3 aromatic rings. The van der Waals surface area contributed by atoms with Crippen LogP contribution in [0, 0.1) is 0 Å². The van der Waals surface area contributed by atoms with Crippen LogP contribution in [0.4, 0.5) is 16.4 Å². The van der Waals surface area contributed by atoms with Gasteiger partial charge in [-0.15, -0.1) is 0 Å². The van der Waals surface area contributed by atoms with Crippen molar-refractivity contribution in [2.75, 3.05) is 50.6 Å². The van der Waals surface area contributed by atoms with Gasteiger partial charge in [-0.1, -0.05) is 201 Å². The number of esters is 2. The third-order valence-corrected chi connectivity index (χ3v) is 15.8. The number of nitrogens with one attached hydrogen (secondary N) is 5. The maximum absolute atomic E-state index is 12.9. The molecule has 0 spiro atoms. The van der Waals surface area contributed by atoms with Gasteiger partial charge in [0, 0.05) is 37.1 Å². The minimum absolute atomic E-state index is 0. The molecule has 2 unspecified atom stereocenters. The molecular weight excluding hydrogens is 1170 g/mol. The number of phosphoric acid groups is 1. The molecule has 9 N–H and O–H groups in total. The Labute approximate surface area is 527 Å². The number of aliphatic carboxylic acids is 1. The van der Waals surface area contributed by atoms with E-state index in [0.29, 0.717) is 24.2 Å². The highest BCUT2D eigenvalue weighted by molar-refractivity contribution is 7.47. The molecule has 1 aromatic carbocycles. The van der Waals surface area contributed by atoms with Crippen LogP contribution in [0.3, 0.4) is 0 Å². The summed E-state index contributed by atoms with van der Waals surface area (Å²) in [6, 6.07) is 4.72. The van der Waals surface area contributed by atoms with Crippen molar-refractivity contribution in [3.8, 4) is 0 Å². The van der Waals surface area contributed by atoms with Crippen molar-refractivity contribution in [2.45, 2.75) is 258 Å². The first-order valence-electron chi connectivity index (χ1n) is 32.6. The molecule has 504 valence electrons. The number of nitrogens with zero attached hydrogens (tertiary/aromatic N) is 3. The van der Waals surface area contributed by atoms with Crippen molar-refractivity contribution in [3.05, 3.63) is 52.1 Å². The molecule has 0 aliphatic carbocycles. The summed E-state index contributed by atoms with van der Waals surface area (Å²) in [6.07, 6.45) is 34.9. The largest absolute Gasteiger partial charge is 0.480 e. The van der Waals surface area contributed by atoms with E-state index in [-0.39, 0.29) is 88.6 Å². The number of phosphoric ester groups is 1. The predicted octanol–water partition coefficient (Wildman–Crippen LogP) is 12.5. The number of anilines is 2. The van der Waals surface area contributed by atoms with E-state index in [0.717, 1.165) is 38.5 Å². The summed E-state index contributed by atoms with van der Waals surface area (Å²) in [5.41, 5.74) is 6.32. The Balaban J connectivity index is 0.0000270. The molecule has 0 aliphatic heterocycles. The predicted molar refractivity (Wildman–Crippen MR) is 345 cm³/mol. The lowest BCUT2D eigenvalue weighted by Gasteiger charge is -2.20. The number of benzene rings is 1. The molecule has 0 aliphatic rings. The molecule has 0 saturated heterocycles. The Morgan fingerprint density at radius 3 is 1.66 bits per heavy atom. The molecule has 2 aromatic heterocycles. The zero-order chi connectivity index (χ0) is 63.9. The van der Waals surface area contributed by atoms with Crippen molar-refractivity contribution in [1.29, 1.82) is 0 Å². The number of carboxylic acids is 1. The van der Waals surface area contributed by atoms with Crippen LogP contribution in [0.15, 0.2) is 35.3 Å². The van der Waals surface area contributed by atoms with E-state index in [1.54, 1.807) is 12.1 Å². The third-order valence-electron chi connectivity index (χ3n) is 14.8. The summed E-state index contributed by atoms with van der Waals surface area (Å²) in [5.74, 6) is -3.71. The number of hydrogen-bond acceptors (Lipinski definition) is 18. The van der Waals surface area contributed by atoms with Crippen LogP contribution in [0.25, 0.3) is 11.2 Å². The number of aromatic nitrogens is 4. The number of ether oxygens (including phenoxy) is 3. The Morgan fingerprint density at radius 2 is 1.13 bits per heavy atom. The smallest absolute Gasteiger partial charge is 0.472 e. The van der Waals surface area contributed by atoms with Crippen LogP contribution in [0.5, 0.6) is 0 Å². The van der Waals surface area contributed by atoms with E-state index >= 15 is 0 Å². The highest BCUT2D eigenvalue weighted by Crippen LogP contribution is 2.43. The SMILES string of the molecule is C.CCCCCCCCCCCCCCCCCC(=O)OC[C@H](COP(=O)(O)OCCNC(=O)OCCNC(=O)CCC(NC(=O)c1ccc(NCc2cnc3nc(N)[nH]c(=O)c3n2)cc1)C(=O)O)OC(=O)CCCCCCCCCCCCCCCCC. The quantitative estimate of drug-likeness (QED) is 0.0113. The minimum atomic E-state index is -4.75. The molecule has 25 heteroatoms. The first-order chi connectivity index (χ1) is 42.6. The van der Waals surface area contributed by atoms with Gasteiger partial charge in [-0.25, -0.2) is 24.1 Å². The Morgan fingerprint density at radius 1 is 0.629 bits per heavy atom. The Kier molecular flexibility index (Phi) is 43.9. The molecule has 89 heavy (non-hydrogen) atoms. The number of alkyl carbamates (subject to hydrolysis) is 1. The number of nitrogens with two attached hydrogens (primary N) is 1. The second-order valence-electron chi connectivity index (χ2n) is 22.5. The van der Waals surface area contributed by atoms with E-state index in [1.165, 1.54) is 160 Å². The van der Waals surface area contributed by atoms with Gasteiger partial charge in [-0.05, 0) is 43.5 Å². The van der Waals surface area contributed by atoms with Crippen molar-refractivity contribution in [3.63, 3.8) is 0 Å². The van der Waals surface area contributed by atoms with Gasteiger partial charge >= 0.3 is 31.8 Å². The maximum Gasteiger partial charge on any atom is 0.472 e. The second kappa shape index (κ2) is 49.5. The molecule has 0 radical (unpaired) electrons. The molecule has 0 fully saturated rings.